The number of aromatic nitrogens is 1. The molecule has 1 unspecified atom stereocenters. The number of phenolic OH excluding ortho intramolecular Hbond substituents is 1. The van der Waals surface area contributed by atoms with Gasteiger partial charge in [-0.3, -0.25) is 4.79 Å². The van der Waals surface area contributed by atoms with Gasteiger partial charge < -0.3 is 14.4 Å². The number of hydrogen-bond acceptors (Lipinski definition) is 3. The Bertz CT molecular complexity index is 868. The number of aryl methyl sites for hydroxylation is 1. The van der Waals surface area contributed by atoms with Crippen molar-refractivity contribution in [2.45, 2.75) is 20.4 Å². The maximum Gasteiger partial charge on any atom is 0.315 e. The number of carbonyl (C=O) groups is 1. The fourth-order valence-corrected chi connectivity index (χ4v) is 2.77. The van der Waals surface area contributed by atoms with Gasteiger partial charge in [-0.05, 0) is 36.8 Å². The third-order valence-electron chi connectivity index (χ3n) is 4.20. The summed E-state index contributed by atoms with van der Waals surface area (Å²) in [5.41, 5.74) is 3.26. The first kappa shape index (κ1) is 16.8. The van der Waals surface area contributed by atoms with E-state index >= 15 is 0 Å². The number of hydrogen-bond donors (Lipinski definition) is 1. The minimum Gasteiger partial charge on any atom is -0.504 e. The van der Waals surface area contributed by atoms with E-state index in [4.69, 9.17) is 4.74 Å². The molecule has 0 fully saturated rings. The number of nitrogens with zero attached hydrogens (tertiary/aromatic N) is 1. The average Bonchev–Trinajstić information content (AvgIpc) is 2.98. The van der Waals surface area contributed by atoms with E-state index in [-0.39, 0.29) is 23.4 Å². The molecule has 1 atom stereocenters. The molecule has 0 saturated carbocycles. The monoisotopic (exact) mass is 335 g/mol. The van der Waals surface area contributed by atoms with E-state index in [0.717, 1.165) is 17.0 Å². The molecule has 3 rings (SSSR count). The highest BCUT2D eigenvalue weighted by molar-refractivity contribution is 5.75. The van der Waals surface area contributed by atoms with Gasteiger partial charge in [-0.2, -0.15) is 0 Å². The fourth-order valence-electron chi connectivity index (χ4n) is 2.77. The number of para-hydroxylation sites is 2. The van der Waals surface area contributed by atoms with Crippen molar-refractivity contribution in [3.05, 3.63) is 72.4 Å². The van der Waals surface area contributed by atoms with Crippen LogP contribution < -0.4 is 4.74 Å². The molecule has 3 aromatic rings. The summed E-state index contributed by atoms with van der Waals surface area (Å²) in [4.78, 5) is 12.4. The standard InChI is InChI=1S/C21H21NO3/c1-15(21(24)25-20-11-7-6-10-19(20)23)14-22-16(2)12-13-18(22)17-8-4-3-5-9-17/h3-13,15,23H,14H2,1-2H3. The number of aromatic hydroxyl groups is 1. The maximum atomic E-state index is 12.4. The number of benzene rings is 2. The van der Waals surface area contributed by atoms with Gasteiger partial charge in [0, 0.05) is 17.9 Å². The zero-order valence-corrected chi connectivity index (χ0v) is 14.3. The highest BCUT2D eigenvalue weighted by Crippen LogP contribution is 2.27. The molecule has 4 nitrogen and oxygen atoms in total. The second-order valence-corrected chi connectivity index (χ2v) is 6.13. The number of esters is 1. The Morgan fingerprint density at radius 2 is 1.72 bits per heavy atom. The van der Waals surface area contributed by atoms with Crippen molar-refractivity contribution in [1.29, 1.82) is 0 Å². The summed E-state index contributed by atoms with van der Waals surface area (Å²) in [5, 5.41) is 9.75. The van der Waals surface area contributed by atoms with E-state index in [1.165, 1.54) is 6.07 Å². The van der Waals surface area contributed by atoms with Gasteiger partial charge in [-0.25, -0.2) is 0 Å². The van der Waals surface area contributed by atoms with Crippen molar-refractivity contribution in [3.8, 4) is 22.8 Å². The van der Waals surface area contributed by atoms with Crippen molar-refractivity contribution >= 4 is 5.97 Å². The van der Waals surface area contributed by atoms with Gasteiger partial charge in [0.2, 0.25) is 0 Å². The highest BCUT2D eigenvalue weighted by Gasteiger charge is 2.19. The molecule has 0 spiro atoms. The predicted octanol–water partition coefficient (Wildman–Crippen LogP) is 4.41. The van der Waals surface area contributed by atoms with Crippen molar-refractivity contribution in [2.24, 2.45) is 5.92 Å². The summed E-state index contributed by atoms with van der Waals surface area (Å²) < 4.78 is 7.46. The van der Waals surface area contributed by atoms with Crippen LogP contribution in [0.2, 0.25) is 0 Å². The summed E-state index contributed by atoms with van der Waals surface area (Å²) in [6, 6.07) is 20.7. The summed E-state index contributed by atoms with van der Waals surface area (Å²) in [6.45, 7) is 4.36. The first-order chi connectivity index (χ1) is 12.1. The molecule has 0 amide bonds. The Hall–Kier alpha value is -3.01. The third-order valence-corrected chi connectivity index (χ3v) is 4.20. The van der Waals surface area contributed by atoms with Crippen LogP contribution in [0.25, 0.3) is 11.3 Å². The Kier molecular flexibility index (Phi) is 4.89. The SMILES string of the molecule is Cc1ccc(-c2ccccc2)n1CC(C)C(=O)Oc1ccccc1O. The van der Waals surface area contributed by atoms with Crippen LogP contribution >= 0.6 is 0 Å². The summed E-state index contributed by atoms with van der Waals surface area (Å²) in [6.07, 6.45) is 0. The van der Waals surface area contributed by atoms with Crippen LogP contribution in [0.1, 0.15) is 12.6 Å². The molecule has 0 aliphatic heterocycles. The molecule has 1 heterocycles. The van der Waals surface area contributed by atoms with E-state index in [0.29, 0.717) is 6.54 Å². The largest absolute Gasteiger partial charge is 0.504 e. The topological polar surface area (TPSA) is 51.5 Å². The van der Waals surface area contributed by atoms with Gasteiger partial charge in [0.15, 0.2) is 11.5 Å². The molecule has 128 valence electrons. The molecule has 4 heteroatoms. The lowest BCUT2D eigenvalue weighted by atomic mass is 10.1. The van der Waals surface area contributed by atoms with E-state index in [1.54, 1.807) is 18.2 Å². The van der Waals surface area contributed by atoms with E-state index in [9.17, 15) is 9.90 Å². The quantitative estimate of drug-likeness (QED) is 0.555. The molecule has 2 aromatic carbocycles. The molecular weight excluding hydrogens is 314 g/mol. The van der Waals surface area contributed by atoms with Gasteiger partial charge in [0.25, 0.3) is 0 Å². The number of ether oxygens (including phenoxy) is 1. The minimum atomic E-state index is -0.367. The van der Waals surface area contributed by atoms with E-state index in [2.05, 4.69) is 22.8 Å². The molecule has 0 aliphatic rings. The Morgan fingerprint density at radius 3 is 2.44 bits per heavy atom. The Balaban J connectivity index is 1.77. The van der Waals surface area contributed by atoms with E-state index < -0.39 is 0 Å². The molecule has 0 saturated heterocycles. The third kappa shape index (κ3) is 3.74. The van der Waals surface area contributed by atoms with Crippen LogP contribution in [0, 0.1) is 12.8 Å². The lowest BCUT2D eigenvalue weighted by Gasteiger charge is -2.17. The second-order valence-electron chi connectivity index (χ2n) is 6.13. The molecular formula is C21H21NO3. The first-order valence-corrected chi connectivity index (χ1v) is 8.27. The van der Waals surface area contributed by atoms with Crippen LogP contribution in [0.3, 0.4) is 0 Å². The molecule has 1 aromatic heterocycles. The van der Waals surface area contributed by atoms with Gasteiger partial charge in [-0.15, -0.1) is 0 Å². The molecule has 0 radical (unpaired) electrons. The minimum absolute atomic E-state index is 0.0369. The molecule has 0 bridgehead atoms. The first-order valence-electron chi connectivity index (χ1n) is 8.27. The maximum absolute atomic E-state index is 12.4. The highest BCUT2D eigenvalue weighted by atomic mass is 16.5. The number of carbonyl (C=O) groups excluding carboxylic acids is 1. The smallest absolute Gasteiger partial charge is 0.315 e. The average molecular weight is 335 g/mol. The fraction of sp³-hybridized carbons (Fsp3) is 0.190. The summed E-state index contributed by atoms with van der Waals surface area (Å²) in [5.74, 6) is -0.571. The van der Waals surface area contributed by atoms with Crippen molar-refractivity contribution in [2.75, 3.05) is 0 Å². The van der Waals surface area contributed by atoms with Crippen LogP contribution in [-0.2, 0) is 11.3 Å². The number of rotatable bonds is 5. The molecule has 0 aliphatic carbocycles. The van der Waals surface area contributed by atoms with Crippen LogP contribution in [0.5, 0.6) is 11.5 Å². The predicted molar refractivity (Wildman–Crippen MR) is 97.5 cm³/mol. The summed E-state index contributed by atoms with van der Waals surface area (Å²) in [7, 11) is 0. The van der Waals surface area contributed by atoms with Gasteiger partial charge in [0.1, 0.15) is 0 Å². The van der Waals surface area contributed by atoms with E-state index in [1.807, 2.05) is 38.1 Å². The lowest BCUT2D eigenvalue weighted by Crippen LogP contribution is -2.23. The zero-order chi connectivity index (χ0) is 17.8. The normalized spacial score (nSPS) is 11.9. The van der Waals surface area contributed by atoms with Gasteiger partial charge in [-0.1, -0.05) is 49.4 Å². The Labute approximate surface area is 147 Å². The van der Waals surface area contributed by atoms with Crippen LogP contribution in [0.15, 0.2) is 66.7 Å². The number of phenols is 1. The van der Waals surface area contributed by atoms with Gasteiger partial charge >= 0.3 is 5.97 Å². The van der Waals surface area contributed by atoms with Crippen molar-refractivity contribution < 1.29 is 14.6 Å². The summed E-state index contributed by atoms with van der Waals surface area (Å²) >= 11 is 0. The zero-order valence-electron chi connectivity index (χ0n) is 14.3. The van der Waals surface area contributed by atoms with Gasteiger partial charge in [0.05, 0.1) is 5.92 Å². The van der Waals surface area contributed by atoms with Crippen molar-refractivity contribution in [3.63, 3.8) is 0 Å². The van der Waals surface area contributed by atoms with Crippen molar-refractivity contribution in [1.82, 2.24) is 4.57 Å². The second kappa shape index (κ2) is 7.26. The molecule has 25 heavy (non-hydrogen) atoms. The van der Waals surface area contributed by atoms with Crippen LogP contribution in [-0.4, -0.2) is 15.6 Å². The lowest BCUT2D eigenvalue weighted by molar-refractivity contribution is -0.138. The molecule has 1 N–H and O–H groups in total. The Morgan fingerprint density at radius 1 is 1.04 bits per heavy atom. The van der Waals surface area contributed by atoms with Crippen LogP contribution in [0.4, 0.5) is 0 Å².